The predicted octanol–water partition coefficient (Wildman–Crippen LogP) is 3.11. The molecule has 0 saturated carbocycles. The molecule has 1 aromatic heterocycles. The SMILES string of the molecule is Cc1csc(NN=Cc2ccc(N3CCC(CO)CC3)cc2)n1. The lowest BCUT2D eigenvalue weighted by Gasteiger charge is -2.32. The number of aromatic nitrogens is 1. The van der Waals surface area contributed by atoms with Crippen molar-refractivity contribution in [3.05, 3.63) is 40.9 Å². The summed E-state index contributed by atoms with van der Waals surface area (Å²) in [5.41, 5.74) is 6.24. The summed E-state index contributed by atoms with van der Waals surface area (Å²) in [4.78, 5) is 6.68. The number of benzene rings is 1. The second kappa shape index (κ2) is 7.57. The van der Waals surface area contributed by atoms with Crippen molar-refractivity contribution in [1.82, 2.24) is 4.98 Å². The van der Waals surface area contributed by atoms with Crippen molar-refractivity contribution >= 4 is 28.4 Å². The fraction of sp³-hybridized carbons (Fsp3) is 0.412. The maximum atomic E-state index is 9.21. The Morgan fingerprint density at radius 1 is 1.35 bits per heavy atom. The van der Waals surface area contributed by atoms with Crippen LogP contribution in [0.15, 0.2) is 34.7 Å². The van der Waals surface area contributed by atoms with Gasteiger partial charge in [-0.15, -0.1) is 11.3 Å². The van der Waals surface area contributed by atoms with Gasteiger partial charge in [-0.05, 0) is 43.4 Å². The molecular formula is C17H22N4OS. The molecular weight excluding hydrogens is 308 g/mol. The summed E-state index contributed by atoms with van der Waals surface area (Å²) in [7, 11) is 0. The first-order valence-corrected chi connectivity index (χ1v) is 8.79. The second-order valence-electron chi connectivity index (χ2n) is 5.87. The standard InChI is InChI=1S/C17H22N4OS/c1-13-12-23-17(19-13)20-18-10-14-2-4-16(5-3-14)21-8-6-15(11-22)7-9-21/h2-5,10,12,15,22H,6-9,11H2,1H3,(H,19,20). The smallest absolute Gasteiger partial charge is 0.203 e. The van der Waals surface area contributed by atoms with Gasteiger partial charge in [0, 0.05) is 30.8 Å². The van der Waals surface area contributed by atoms with Gasteiger partial charge >= 0.3 is 0 Å². The van der Waals surface area contributed by atoms with Crippen LogP contribution in [-0.4, -0.2) is 36.0 Å². The zero-order valence-corrected chi connectivity index (χ0v) is 14.1. The molecule has 1 aliphatic heterocycles. The van der Waals surface area contributed by atoms with Gasteiger partial charge in [-0.2, -0.15) is 5.10 Å². The van der Waals surface area contributed by atoms with Gasteiger partial charge in [-0.3, -0.25) is 5.43 Å². The molecule has 122 valence electrons. The first-order valence-electron chi connectivity index (χ1n) is 7.91. The fourth-order valence-electron chi connectivity index (χ4n) is 2.71. The van der Waals surface area contributed by atoms with E-state index in [9.17, 15) is 5.11 Å². The number of aliphatic hydroxyl groups excluding tert-OH is 1. The van der Waals surface area contributed by atoms with Gasteiger partial charge < -0.3 is 10.0 Å². The third-order valence-corrected chi connectivity index (χ3v) is 4.99. The van der Waals surface area contributed by atoms with E-state index in [2.05, 4.69) is 44.7 Å². The van der Waals surface area contributed by atoms with Crippen LogP contribution in [0.5, 0.6) is 0 Å². The third-order valence-electron chi connectivity index (χ3n) is 4.12. The number of anilines is 2. The molecule has 2 N–H and O–H groups in total. The number of piperidine rings is 1. The van der Waals surface area contributed by atoms with E-state index < -0.39 is 0 Å². The minimum atomic E-state index is 0.314. The number of hydrazone groups is 1. The van der Waals surface area contributed by atoms with Crippen LogP contribution in [0.2, 0.25) is 0 Å². The monoisotopic (exact) mass is 330 g/mol. The highest BCUT2D eigenvalue weighted by molar-refractivity contribution is 7.13. The molecule has 0 atom stereocenters. The van der Waals surface area contributed by atoms with E-state index in [0.29, 0.717) is 12.5 Å². The lowest BCUT2D eigenvalue weighted by molar-refractivity contribution is 0.203. The molecule has 1 aromatic carbocycles. The van der Waals surface area contributed by atoms with Crippen LogP contribution in [0, 0.1) is 12.8 Å². The van der Waals surface area contributed by atoms with Crippen LogP contribution in [-0.2, 0) is 0 Å². The van der Waals surface area contributed by atoms with Crippen molar-refractivity contribution in [1.29, 1.82) is 0 Å². The van der Waals surface area contributed by atoms with Crippen LogP contribution >= 0.6 is 11.3 Å². The number of hydrogen-bond acceptors (Lipinski definition) is 6. The maximum absolute atomic E-state index is 9.21. The molecule has 2 aromatic rings. The van der Waals surface area contributed by atoms with E-state index in [1.807, 2.05) is 12.3 Å². The lowest BCUT2D eigenvalue weighted by atomic mass is 9.97. The molecule has 0 radical (unpaired) electrons. The highest BCUT2D eigenvalue weighted by atomic mass is 32.1. The highest BCUT2D eigenvalue weighted by Gasteiger charge is 2.18. The van der Waals surface area contributed by atoms with Crippen molar-refractivity contribution in [2.24, 2.45) is 11.0 Å². The highest BCUT2D eigenvalue weighted by Crippen LogP contribution is 2.23. The quantitative estimate of drug-likeness (QED) is 0.653. The first-order chi connectivity index (χ1) is 11.2. The van der Waals surface area contributed by atoms with Crippen LogP contribution in [0.3, 0.4) is 0 Å². The van der Waals surface area contributed by atoms with Gasteiger partial charge in [0.25, 0.3) is 0 Å². The molecule has 0 spiro atoms. The Kier molecular flexibility index (Phi) is 5.25. The van der Waals surface area contributed by atoms with Crippen molar-refractivity contribution in [2.45, 2.75) is 19.8 Å². The van der Waals surface area contributed by atoms with Crippen molar-refractivity contribution in [3.63, 3.8) is 0 Å². The van der Waals surface area contributed by atoms with Gasteiger partial charge in [-0.1, -0.05) is 12.1 Å². The number of thiazole rings is 1. The van der Waals surface area contributed by atoms with Crippen LogP contribution in [0.1, 0.15) is 24.1 Å². The summed E-state index contributed by atoms with van der Waals surface area (Å²) >= 11 is 1.55. The number of aryl methyl sites for hydroxylation is 1. The number of nitrogens with one attached hydrogen (secondary N) is 1. The number of aliphatic hydroxyl groups is 1. The molecule has 3 rings (SSSR count). The first kappa shape index (κ1) is 16.0. The van der Waals surface area contributed by atoms with Crippen molar-refractivity contribution < 1.29 is 5.11 Å². The molecule has 5 nitrogen and oxygen atoms in total. The average Bonchev–Trinajstić information content (AvgIpc) is 3.01. The molecule has 0 aliphatic carbocycles. The van der Waals surface area contributed by atoms with Crippen LogP contribution < -0.4 is 10.3 Å². The second-order valence-corrected chi connectivity index (χ2v) is 6.73. The summed E-state index contributed by atoms with van der Waals surface area (Å²) in [5, 5.41) is 16.2. The van der Waals surface area contributed by atoms with E-state index >= 15 is 0 Å². The lowest BCUT2D eigenvalue weighted by Crippen LogP contribution is -2.34. The van der Waals surface area contributed by atoms with E-state index in [-0.39, 0.29) is 0 Å². The number of hydrogen-bond donors (Lipinski definition) is 2. The zero-order chi connectivity index (χ0) is 16.1. The number of nitrogens with zero attached hydrogens (tertiary/aromatic N) is 3. The molecule has 23 heavy (non-hydrogen) atoms. The predicted molar refractivity (Wildman–Crippen MR) is 96.5 cm³/mol. The average molecular weight is 330 g/mol. The van der Waals surface area contributed by atoms with Crippen molar-refractivity contribution in [2.75, 3.05) is 30.0 Å². The van der Waals surface area contributed by atoms with E-state index in [1.165, 1.54) is 5.69 Å². The van der Waals surface area contributed by atoms with E-state index in [1.54, 1.807) is 17.6 Å². The molecule has 1 aliphatic rings. The summed E-state index contributed by atoms with van der Waals surface area (Å²) in [6.07, 6.45) is 3.94. The Balaban J connectivity index is 1.54. The normalized spacial score (nSPS) is 16.2. The van der Waals surface area contributed by atoms with Crippen molar-refractivity contribution in [3.8, 4) is 0 Å². The number of rotatable bonds is 5. The fourth-order valence-corrected chi connectivity index (χ4v) is 3.35. The van der Waals surface area contributed by atoms with Gasteiger partial charge in [-0.25, -0.2) is 4.98 Å². The molecule has 6 heteroatoms. The van der Waals surface area contributed by atoms with Gasteiger partial charge in [0.05, 0.1) is 11.9 Å². The molecule has 0 amide bonds. The maximum Gasteiger partial charge on any atom is 0.203 e. The van der Waals surface area contributed by atoms with Crippen LogP contribution in [0.25, 0.3) is 0 Å². The Labute approximate surface area is 140 Å². The minimum absolute atomic E-state index is 0.314. The Bertz CT molecular complexity index is 645. The zero-order valence-electron chi connectivity index (χ0n) is 13.3. The molecule has 1 saturated heterocycles. The molecule has 2 heterocycles. The minimum Gasteiger partial charge on any atom is -0.396 e. The Hall–Kier alpha value is -1.92. The largest absolute Gasteiger partial charge is 0.396 e. The third kappa shape index (κ3) is 4.30. The summed E-state index contributed by atoms with van der Waals surface area (Å²) in [5.74, 6) is 0.471. The summed E-state index contributed by atoms with van der Waals surface area (Å²) < 4.78 is 0. The van der Waals surface area contributed by atoms with E-state index in [4.69, 9.17) is 0 Å². The molecule has 0 bridgehead atoms. The van der Waals surface area contributed by atoms with Gasteiger partial charge in [0.2, 0.25) is 5.13 Å². The molecule has 0 unspecified atom stereocenters. The summed E-state index contributed by atoms with van der Waals surface area (Å²) in [6.45, 7) is 4.32. The Morgan fingerprint density at radius 3 is 2.70 bits per heavy atom. The Morgan fingerprint density at radius 2 is 2.09 bits per heavy atom. The topological polar surface area (TPSA) is 60.8 Å². The van der Waals surface area contributed by atoms with E-state index in [0.717, 1.165) is 42.3 Å². The van der Waals surface area contributed by atoms with Crippen LogP contribution in [0.4, 0.5) is 10.8 Å². The summed E-state index contributed by atoms with van der Waals surface area (Å²) in [6, 6.07) is 8.42. The molecule has 1 fully saturated rings. The van der Waals surface area contributed by atoms with Gasteiger partial charge in [0.15, 0.2) is 0 Å². The van der Waals surface area contributed by atoms with Gasteiger partial charge in [0.1, 0.15) is 0 Å².